The van der Waals surface area contributed by atoms with Gasteiger partial charge in [-0.1, -0.05) is 30.0 Å². The van der Waals surface area contributed by atoms with E-state index in [1.54, 1.807) is 0 Å². The van der Waals surface area contributed by atoms with E-state index >= 15 is 0 Å². The summed E-state index contributed by atoms with van der Waals surface area (Å²) in [7, 11) is 0. The maximum atomic E-state index is 7.55. The minimum atomic E-state index is -0.0511. The highest BCUT2D eigenvalue weighted by Gasteiger charge is 2.21. The van der Waals surface area contributed by atoms with Crippen molar-refractivity contribution in [3.05, 3.63) is 29.8 Å². The molecule has 1 aromatic carbocycles. The molecule has 1 aromatic rings. The van der Waals surface area contributed by atoms with Crippen molar-refractivity contribution in [1.29, 1.82) is 5.41 Å². The lowest BCUT2D eigenvalue weighted by molar-refractivity contribution is 0.972. The van der Waals surface area contributed by atoms with E-state index in [1.807, 2.05) is 11.8 Å². The van der Waals surface area contributed by atoms with Crippen LogP contribution in [0.15, 0.2) is 34.2 Å². The molecule has 1 aliphatic rings. The molecule has 1 heterocycles. The highest BCUT2D eigenvalue weighted by Crippen LogP contribution is 2.38. The van der Waals surface area contributed by atoms with Crippen LogP contribution < -0.4 is 11.5 Å². The summed E-state index contributed by atoms with van der Waals surface area (Å²) >= 11 is 3.26. The maximum absolute atomic E-state index is 7.55. The maximum Gasteiger partial charge on any atom is 0.193 e. The molecule has 0 amide bonds. The molecule has 0 saturated heterocycles. The van der Waals surface area contributed by atoms with Gasteiger partial charge in [-0.2, -0.15) is 4.99 Å². The van der Waals surface area contributed by atoms with E-state index in [2.05, 4.69) is 29.3 Å². The zero-order valence-corrected chi connectivity index (χ0v) is 10.9. The third-order valence-corrected chi connectivity index (χ3v) is 4.81. The van der Waals surface area contributed by atoms with Crippen molar-refractivity contribution in [2.24, 2.45) is 16.5 Å². The quantitative estimate of drug-likeness (QED) is 0.561. The van der Waals surface area contributed by atoms with Gasteiger partial charge in [-0.15, -0.1) is 11.8 Å². The fourth-order valence-corrected chi connectivity index (χ4v) is 3.86. The number of nitrogens with two attached hydrogens (primary N) is 2. The van der Waals surface area contributed by atoms with Crippen LogP contribution in [0.2, 0.25) is 0 Å². The Morgan fingerprint density at radius 3 is 2.94 bits per heavy atom. The first-order valence-corrected chi connectivity index (χ1v) is 7.07. The topological polar surface area (TPSA) is 88.2 Å². The van der Waals surface area contributed by atoms with E-state index in [0.717, 1.165) is 12.2 Å². The molecule has 2 rings (SSSR count). The number of hydrogen-bond donors (Lipinski definition) is 3. The Bertz CT molecular complexity index is 430. The lowest BCUT2D eigenvalue weighted by Crippen LogP contribution is -2.23. The van der Waals surface area contributed by atoms with Crippen LogP contribution >= 0.6 is 23.5 Å². The summed E-state index contributed by atoms with van der Waals surface area (Å²) in [6.07, 6.45) is 1.06. The third-order valence-electron chi connectivity index (χ3n) is 2.35. The van der Waals surface area contributed by atoms with Crippen LogP contribution in [-0.4, -0.2) is 22.1 Å². The first kappa shape index (κ1) is 12.3. The van der Waals surface area contributed by atoms with Crippen molar-refractivity contribution in [1.82, 2.24) is 0 Å². The number of benzene rings is 1. The molecule has 0 bridgehead atoms. The number of rotatable bonds is 2. The Morgan fingerprint density at radius 2 is 2.24 bits per heavy atom. The summed E-state index contributed by atoms with van der Waals surface area (Å²) in [6.45, 7) is 0. The molecule has 0 saturated carbocycles. The number of amidine groups is 1. The van der Waals surface area contributed by atoms with Crippen LogP contribution in [0, 0.1) is 5.41 Å². The first-order valence-electron chi connectivity index (χ1n) is 5.20. The van der Waals surface area contributed by atoms with Gasteiger partial charge in [0.25, 0.3) is 0 Å². The zero-order valence-electron chi connectivity index (χ0n) is 9.22. The molecular weight excluding hydrogens is 252 g/mol. The molecule has 0 spiro atoms. The van der Waals surface area contributed by atoms with E-state index in [4.69, 9.17) is 16.9 Å². The second-order valence-corrected chi connectivity index (χ2v) is 6.06. The van der Waals surface area contributed by atoms with Crippen LogP contribution in [-0.2, 0) is 6.42 Å². The van der Waals surface area contributed by atoms with E-state index in [1.165, 1.54) is 22.2 Å². The lowest BCUT2D eigenvalue weighted by atomic mass is 10.1. The average molecular weight is 266 g/mol. The van der Waals surface area contributed by atoms with Gasteiger partial charge >= 0.3 is 0 Å². The Labute approximate surface area is 109 Å². The first-order chi connectivity index (χ1) is 8.15. The predicted octanol–water partition coefficient (Wildman–Crippen LogP) is 1.64. The van der Waals surface area contributed by atoms with Gasteiger partial charge in [0.1, 0.15) is 0 Å². The number of hydrogen-bond acceptors (Lipinski definition) is 3. The van der Waals surface area contributed by atoms with Crippen molar-refractivity contribution in [3.8, 4) is 0 Å². The number of aliphatic imine (C=N–C) groups is 1. The Hall–Kier alpha value is -1.14. The van der Waals surface area contributed by atoms with Crippen molar-refractivity contribution in [3.63, 3.8) is 0 Å². The Balaban J connectivity index is 1.84. The van der Waals surface area contributed by atoms with Crippen molar-refractivity contribution in [2.75, 3.05) is 5.75 Å². The van der Waals surface area contributed by atoms with E-state index < -0.39 is 0 Å². The fourth-order valence-electron chi connectivity index (χ4n) is 1.67. The summed E-state index contributed by atoms with van der Waals surface area (Å²) in [5.41, 5.74) is 11.8. The molecule has 0 aliphatic carbocycles. The molecule has 1 aliphatic heterocycles. The van der Waals surface area contributed by atoms with Gasteiger partial charge < -0.3 is 11.5 Å². The van der Waals surface area contributed by atoms with Crippen LogP contribution in [0.4, 0.5) is 0 Å². The molecule has 0 radical (unpaired) electrons. The van der Waals surface area contributed by atoms with Crippen LogP contribution in [0.1, 0.15) is 5.56 Å². The van der Waals surface area contributed by atoms with Gasteiger partial charge in [-0.05, 0) is 18.1 Å². The van der Waals surface area contributed by atoms with Crippen molar-refractivity contribution >= 4 is 34.7 Å². The fraction of sp³-hybridized carbons (Fsp3) is 0.273. The summed E-state index contributed by atoms with van der Waals surface area (Å²) in [4.78, 5) is 5.05. The average Bonchev–Trinajstić information content (AvgIpc) is 2.68. The molecular formula is C11H14N4S2. The standard InChI is InChI=1S/C11H14N4S2/c12-10(13)15-11(14)16-6-8-5-7-3-1-2-4-9(7)17-8/h1-4,8H,5-6H2,(H5,12,13,14,15). The van der Waals surface area contributed by atoms with Gasteiger partial charge in [-0.3, -0.25) is 5.41 Å². The molecule has 17 heavy (non-hydrogen) atoms. The summed E-state index contributed by atoms with van der Waals surface area (Å²) in [6, 6.07) is 8.43. The molecule has 1 atom stereocenters. The number of nitrogens with one attached hydrogen (secondary N) is 1. The SMILES string of the molecule is N=C(N=C(N)N)SCC1Cc2ccccc2S1. The second kappa shape index (κ2) is 5.46. The van der Waals surface area contributed by atoms with Gasteiger partial charge in [-0.25, -0.2) is 0 Å². The third kappa shape index (κ3) is 3.41. The molecule has 1 unspecified atom stereocenters. The molecule has 0 aromatic heterocycles. The summed E-state index contributed by atoms with van der Waals surface area (Å²) < 4.78 is 0. The summed E-state index contributed by atoms with van der Waals surface area (Å²) in [5, 5.41) is 8.24. The molecule has 90 valence electrons. The number of guanidine groups is 1. The van der Waals surface area contributed by atoms with Gasteiger partial charge in [0.15, 0.2) is 11.1 Å². The van der Waals surface area contributed by atoms with Crippen LogP contribution in [0.5, 0.6) is 0 Å². The smallest absolute Gasteiger partial charge is 0.193 e. The molecule has 4 nitrogen and oxygen atoms in total. The predicted molar refractivity (Wildman–Crippen MR) is 75.8 cm³/mol. The number of fused-ring (bicyclic) bond motifs is 1. The minimum absolute atomic E-state index is 0.0511. The summed E-state index contributed by atoms with van der Waals surface area (Å²) in [5.74, 6) is 0.805. The molecule has 0 fully saturated rings. The van der Waals surface area contributed by atoms with Crippen molar-refractivity contribution in [2.45, 2.75) is 16.6 Å². The largest absolute Gasteiger partial charge is 0.370 e. The van der Waals surface area contributed by atoms with Gasteiger partial charge in [0.05, 0.1) is 0 Å². The normalized spacial score (nSPS) is 17.5. The van der Waals surface area contributed by atoms with Crippen LogP contribution in [0.25, 0.3) is 0 Å². The number of thioether (sulfide) groups is 2. The highest BCUT2D eigenvalue weighted by atomic mass is 32.2. The Kier molecular flexibility index (Phi) is 3.96. The minimum Gasteiger partial charge on any atom is -0.370 e. The van der Waals surface area contributed by atoms with E-state index in [9.17, 15) is 0 Å². The van der Waals surface area contributed by atoms with E-state index in [-0.39, 0.29) is 11.1 Å². The Morgan fingerprint density at radius 1 is 1.47 bits per heavy atom. The van der Waals surface area contributed by atoms with Gasteiger partial charge in [0, 0.05) is 15.9 Å². The zero-order chi connectivity index (χ0) is 12.3. The second-order valence-electron chi connectivity index (χ2n) is 3.70. The van der Waals surface area contributed by atoms with Gasteiger partial charge in [0.2, 0.25) is 0 Å². The monoisotopic (exact) mass is 266 g/mol. The van der Waals surface area contributed by atoms with E-state index in [0.29, 0.717) is 5.25 Å². The van der Waals surface area contributed by atoms with Crippen LogP contribution in [0.3, 0.4) is 0 Å². The molecule has 6 heteroatoms. The number of nitrogens with zero attached hydrogens (tertiary/aromatic N) is 1. The highest BCUT2D eigenvalue weighted by molar-refractivity contribution is 8.14. The lowest BCUT2D eigenvalue weighted by Gasteiger charge is -2.06. The van der Waals surface area contributed by atoms with Crippen molar-refractivity contribution < 1.29 is 0 Å². The molecule has 5 N–H and O–H groups in total.